The Morgan fingerprint density at radius 3 is 2.42 bits per heavy atom. The van der Waals surface area contributed by atoms with Gasteiger partial charge in [0, 0.05) is 4.47 Å². The monoisotopic (exact) mass is 318 g/mol. The van der Waals surface area contributed by atoms with Gasteiger partial charge in [-0.25, -0.2) is 0 Å². The van der Waals surface area contributed by atoms with E-state index in [4.69, 9.17) is 4.74 Å². The van der Waals surface area contributed by atoms with Crippen molar-refractivity contribution in [1.82, 2.24) is 0 Å². The highest BCUT2D eigenvalue weighted by Crippen LogP contribution is 2.14. The second-order valence-electron chi connectivity index (χ2n) is 3.88. The second kappa shape index (κ2) is 6.95. The Morgan fingerprint density at radius 1 is 1.11 bits per heavy atom. The topological polar surface area (TPSA) is 33.6 Å². The number of hydrogen-bond donors (Lipinski definition) is 1. The van der Waals surface area contributed by atoms with Gasteiger partial charge in [-0.15, -0.1) is 0 Å². The second-order valence-corrected chi connectivity index (χ2v) is 4.79. The number of hydrogen-bond acceptors (Lipinski definition) is 3. The van der Waals surface area contributed by atoms with E-state index in [1.54, 1.807) is 6.21 Å². The Hall–Kier alpha value is -1.81. The molecule has 4 heteroatoms. The number of rotatable bonds is 5. The Labute approximate surface area is 121 Å². The van der Waals surface area contributed by atoms with Crippen molar-refractivity contribution in [2.75, 3.05) is 12.0 Å². The van der Waals surface area contributed by atoms with Crippen LogP contribution in [-0.2, 0) is 0 Å². The summed E-state index contributed by atoms with van der Waals surface area (Å²) in [6.45, 7) is 2.65. The minimum absolute atomic E-state index is 0.679. The number of halogens is 1. The highest BCUT2D eigenvalue weighted by Gasteiger charge is 1.92. The van der Waals surface area contributed by atoms with Gasteiger partial charge in [-0.1, -0.05) is 15.9 Å². The molecule has 0 amide bonds. The van der Waals surface area contributed by atoms with Gasteiger partial charge in [0.15, 0.2) is 0 Å². The first-order chi connectivity index (χ1) is 9.28. The molecule has 0 radical (unpaired) electrons. The number of benzene rings is 2. The molecule has 1 N–H and O–H groups in total. The third kappa shape index (κ3) is 4.41. The van der Waals surface area contributed by atoms with Crippen molar-refractivity contribution >= 4 is 27.8 Å². The standard InChI is InChI=1S/C15H15BrN2O/c1-2-19-15-9-3-12(4-10-15)11-17-18-14-7-5-13(16)6-8-14/h3-11,18H,2H2,1H3. The molecule has 0 unspecified atom stereocenters. The summed E-state index contributed by atoms with van der Waals surface area (Å²) in [5.74, 6) is 0.875. The predicted octanol–water partition coefficient (Wildman–Crippen LogP) is 4.29. The van der Waals surface area contributed by atoms with Crippen molar-refractivity contribution in [3.63, 3.8) is 0 Å². The average Bonchev–Trinajstić information content (AvgIpc) is 2.43. The lowest BCUT2D eigenvalue weighted by molar-refractivity contribution is 0.340. The first-order valence-corrected chi connectivity index (χ1v) is 6.85. The fourth-order valence-electron chi connectivity index (χ4n) is 1.52. The van der Waals surface area contributed by atoms with E-state index in [1.807, 2.05) is 55.5 Å². The summed E-state index contributed by atoms with van der Waals surface area (Å²) >= 11 is 3.39. The van der Waals surface area contributed by atoms with Crippen LogP contribution in [0.5, 0.6) is 5.75 Å². The number of ether oxygens (including phenoxy) is 1. The van der Waals surface area contributed by atoms with Crippen LogP contribution in [0.15, 0.2) is 58.1 Å². The maximum atomic E-state index is 5.38. The van der Waals surface area contributed by atoms with Crippen molar-refractivity contribution in [3.8, 4) is 5.75 Å². The molecule has 0 aliphatic carbocycles. The summed E-state index contributed by atoms with van der Waals surface area (Å²) < 4.78 is 6.43. The van der Waals surface area contributed by atoms with Crippen LogP contribution in [0, 0.1) is 0 Å². The van der Waals surface area contributed by atoms with E-state index in [0.717, 1.165) is 21.5 Å². The van der Waals surface area contributed by atoms with E-state index in [2.05, 4.69) is 26.5 Å². The molecule has 0 atom stereocenters. The van der Waals surface area contributed by atoms with Gasteiger partial charge in [0.05, 0.1) is 18.5 Å². The summed E-state index contributed by atoms with van der Waals surface area (Å²) in [6, 6.07) is 15.7. The van der Waals surface area contributed by atoms with Gasteiger partial charge in [-0.3, -0.25) is 5.43 Å². The summed E-state index contributed by atoms with van der Waals surface area (Å²) in [6.07, 6.45) is 1.78. The Balaban J connectivity index is 1.93. The average molecular weight is 319 g/mol. The van der Waals surface area contributed by atoms with Gasteiger partial charge < -0.3 is 4.74 Å². The molecule has 2 aromatic rings. The van der Waals surface area contributed by atoms with Crippen LogP contribution in [0.1, 0.15) is 12.5 Å². The minimum atomic E-state index is 0.679. The molecule has 98 valence electrons. The van der Waals surface area contributed by atoms with Crippen LogP contribution in [-0.4, -0.2) is 12.8 Å². The lowest BCUT2D eigenvalue weighted by atomic mass is 10.2. The molecule has 0 saturated heterocycles. The first kappa shape index (κ1) is 13.6. The molecule has 0 heterocycles. The van der Waals surface area contributed by atoms with Crippen molar-refractivity contribution in [3.05, 3.63) is 58.6 Å². The lowest BCUT2D eigenvalue weighted by Crippen LogP contribution is -1.92. The van der Waals surface area contributed by atoms with Gasteiger partial charge in [-0.2, -0.15) is 5.10 Å². The van der Waals surface area contributed by atoms with E-state index < -0.39 is 0 Å². The maximum absolute atomic E-state index is 5.38. The number of anilines is 1. The molecule has 2 aromatic carbocycles. The van der Waals surface area contributed by atoms with Crippen molar-refractivity contribution in [2.24, 2.45) is 5.10 Å². The number of nitrogens with zero attached hydrogens (tertiary/aromatic N) is 1. The highest BCUT2D eigenvalue weighted by atomic mass is 79.9. The zero-order valence-corrected chi connectivity index (χ0v) is 12.2. The van der Waals surface area contributed by atoms with Crippen LogP contribution in [0.3, 0.4) is 0 Å². The van der Waals surface area contributed by atoms with Gasteiger partial charge in [0.25, 0.3) is 0 Å². The first-order valence-electron chi connectivity index (χ1n) is 6.05. The van der Waals surface area contributed by atoms with E-state index in [1.165, 1.54) is 0 Å². The van der Waals surface area contributed by atoms with Gasteiger partial charge >= 0.3 is 0 Å². The third-order valence-electron chi connectivity index (χ3n) is 2.44. The van der Waals surface area contributed by atoms with E-state index in [-0.39, 0.29) is 0 Å². The van der Waals surface area contributed by atoms with Gasteiger partial charge in [0.2, 0.25) is 0 Å². The molecule has 0 saturated carbocycles. The third-order valence-corrected chi connectivity index (χ3v) is 2.97. The van der Waals surface area contributed by atoms with Gasteiger partial charge in [0.1, 0.15) is 5.75 Å². The van der Waals surface area contributed by atoms with E-state index >= 15 is 0 Å². The summed E-state index contributed by atoms with van der Waals surface area (Å²) in [5.41, 5.74) is 4.95. The van der Waals surface area contributed by atoms with Crippen LogP contribution in [0.4, 0.5) is 5.69 Å². The zero-order chi connectivity index (χ0) is 13.5. The Morgan fingerprint density at radius 2 is 1.79 bits per heavy atom. The predicted molar refractivity (Wildman–Crippen MR) is 83.0 cm³/mol. The highest BCUT2D eigenvalue weighted by molar-refractivity contribution is 9.10. The molecule has 0 aliphatic rings. The van der Waals surface area contributed by atoms with Crippen LogP contribution in [0.2, 0.25) is 0 Å². The SMILES string of the molecule is CCOc1ccc(C=NNc2ccc(Br)cc2)cc1. The van der Waals surface area contributed by atoms with E-state index in [0.29, 0.717) is 6.61 Å². The molecule has 2 rings (SSSR count). The molecular formula is C15H15BrN2O. The molecule has 0 fully saturated rings. The summed E-state index contributed by atoms with van der Waals surface area (Å²) in [7, 11) is 0. The smallest absolute Gasteiger partial charge is 0.119 e. The summed E-state index contributed by atoms with van der Waals surface area (Å²) in [4.78, 5) is 0. The maximum Gasteiger partial charge on any atom is 0.119 e. The lowest BCUT2D eigenvalue weighted by Gasteiger charge is -2.02. The van der Waals surface area contributed by atoms with Crippen molar-refractivity contribution < 1.29 is 4.74 Å². The molecule has 19 heavy (non-hydrogen) atoms. The number of hydrazone groups is 1. The normalized spacial score (nSPS) is 10.6. The van der Waals surface area contributed by atoms with Crippen molar-refractivity contribution in [1.29, 1.82) is 0 Å². The van der Waals surface area contributed by atoms with Crippen LogP contribution < -0.4 is 10.2 Å². The Bertz CT molecular complexity index is 535. The van der Waals surface area contributed by atoms with Crippen molar-refractivity contribution in [2.45, 2.75) is 6.92 Å². The molecule has 3 nitrogen and oxygen atoms in total. The molecule has 0 spiro atoms. The number of nitrogens with one attached hydrogen (secondary N) is 1. The van der Waals surface area contributed by atoms with Crippen LogP contribution in [0.25, 0.3) is 0 Å². The fourth-order valence-corrected chi connectivity index (χ4v) is 1.79. The molecular weight excluding hydrogens is 304 g/mol. The minimum Gasteiger partial charge on any atom is -0.494 e. The van der Waals surface area contributed by atoms with E-state index in [9.17, 15) is 0 Å². The molecule has 0 aliphatic heterocycles. The fraction of sp³-hybridized carbons (Fsp3) is 0.133. The largest absolute Gasteiger partial charge is 0.494 e. The van der Waals surface area contributed by atoms with Gasteiger partial charge in [-0.05, 0) is 61.0 Å². The zero-order valence-electron chi connectivity index (χ0n) is 10.6. The summed E-state index contributed by atoms with van der Waals surface area (Å²) in [5, 5.41) is 4.19. The van der Waals surface area contributed by atoms with Crippen LogP contribution >= 0.6 is 15.9 Å². The Kier molecular flexibility index (Phi) is 4.98. The molecule has 0 bridgehead atoms. The molecule has 0 aromatic heterocycles. The quantitative estimate of drug-likeness (QED) is 0.659.